The van der Waals surface area contributed by atoms with Crippen molar-refractivity contribution < 1.29 is 14.7 Å². The third kappa shape index (κ3) is 2.99. The zero-order valence-electron chi connectivity index (χ0n) is 9.07. The normalized spacial score (nSPS) is 14.1. The molecule has 0 aliphatic heterocycles. The molecule has 82 valence electrons. The monoisotopic (exact) mass is 202 g/mol. The summed E-state index contributed by atoms with van der Waals surface area (Å²) in [6, 6.07) is 0. The molecule has 0 saturated heterocycles. The van der Waals surface area contributed by atoms with Crippen molar-refractivity contribution in [3.63, 3.8) is 0 Å². The van der Waals surface area contributed by atoms with Crippen molar-refractivity contribution in [1.82, 2.24) is 4.90 Å². The summed E-state index contributed by atoms with van der Waals surface area (Å²) in [5.74, 6) is -1.69. The summed E-state index contributed by atoms with van der Waals surface area (Å²) in [4.78, 5) is 23.2. The van der Waals surface area contributed by atoms with Crippen LogP contribution in [0.1, 0.15) is 20.8 Å². The van der Waals surface area contributed by atoms with Crippen LogP contribution in [0.3, 0.4) is 0 Å². The molecule has 14 heavy (non-hydrogen) atoms. The molecule has 5 heteroatoms. The minimum absolute atomic E-state index is 0.342. The average molecular weight is 202 g/mol. The molecule has 5 nitrogen and oxygen atoms in total. The smallest absolute Gasteiger partial charge is 0.323 e. The maximum Gasteiger partial charge on any atom is 0.323 e. The van der Waals surface area contributed by atoms with Gasteiger partial charge in [0.25, 0.3) is 0 Å². The van der Waals surface area contributed by atoms with Crippen molar-refractivity contribution in [3.8, 4) is 0 Å². The fourth-order valence-corrected chi connectivity index (χ4v) is 0.892. The predicted molar refractivity (Wildman–Crippen MR) is 52.7 cm³/mol. The predicted octanol–water partition coefficient (Wildman–Crippen LogP) is -0.0972. The number of primary amides is 1. The van der Waals surface area contributed by atoms with E-state index in [0.29, 0.717) is 6.54 Å². The molecule has 0 aromatic carbocycles. The number of carbonyl (C=O) groups is 2. The number of nitrogens with two attached hydrogens (primary N) is 1. The number of aliphatic carboxylic acids is 1. The second kappa shape index (κ2) is 4.41. The van der Waals surface area contributed by atoms with E-state index in [0.717, 1.165) is 0 Å². The minimum Gasteiger partial charge on any atom is -0.480 e. The lowest BCUT2D eigenvalue weighted by molar-refractivity contribution is -0.149. The highest BCUT2D eigenvalue weighted by molar-refractivity contribution is 5.78. The summed E-state index contributed by atoms with van der Waals surface area (Å²) in [7, 11) is 1.66. The summed E-state index contributed by atoms with van der Waals surface area (Å²) < 4.78 is 0. The van der Waals surface area contributed by atoms with E-state index >= 15 is 0 Å². The lowest BCUT2D eigenvalue weighted by Crippen LogP contribution is -2.50. The summed E-state index contributed by atoms with van der Waals surface area (Å²) in [5, 5.41) is 8.91. The summed E-state index contributed by atoms with van der Waals surface area (Å²) in [6.07, 6.45) is 0. The molecule has 1 unspecified atom stereocenters. The van der Waals surface area contributed by atoms with E-state index in [1.807, 2.05) is 0 Å². The van der Waals surface area contributed by atoms with Gasteiger partial charge in [0.15, 0.2) is 0 Å². The molecule has 0 bridgehead atoms. The first-order chi connectivity index (χ1) is 6.19. The number of carbonyl (C=O) groups excluding carboxylic acids is 1. The number of hydrogen-bond acceptors (Lipinski definition) is 3. The molecule has 0 aliphatic carbocycles. The van der Waals surface area contributed by atoms with Gasteiger partial charge in [-0.05, 0) is 20.9 Å². The lowest BCUT2D eigenvalue weighted by atomic mass is 10.0. The molecule has 0 aliphatic rings. The Labute approximate surface area is 83.9 Å². The molecule has 1 atom stereocenters. The van der Waals surface area contributed by atoms with E-state index in [9.17, 15) is 9.59 Å². The Morgan fingerprint density at radius 1 is 1.50 bits per heavy atom. The molecule has 0 rings (SSSR count). The first kappa shape index (κ1) is 12.9. The maximum atomic E-state index is 10.9. The van der Waals surface area contributed by atoms with Gasteiger partial charge in [0, 0.05) is 12.5 Å². The topological polar surface area (TPSA) is 83.6 Å². The lowest BCUT2D eigenvalue weighted by Gasteiger charge is -2.32. The Hall–Kier alpha value is -1.10. The van der Waals surface area contributed by atoms with Crippen LogP contribution in [0.2, 0.25) is 0 Å². The number of carboxylic acids is 1. The van der Waals surface area contributed by atoms with Crippen LogP contribution >= 0.6 is 0 Å². The SMILES string of the molecule is CC(CN(C)C(C)(C)C(=O)O)C(N)=O. The number of hydrogen-bond donors (Lipinski definition) is 2. The quantitative estimate of drug-likeness (QED) is 0.652. The number of likely N-dealkylation sites (N-methyl/N-ethyl adjacent to an activating group) is 1. The van der Waals surface area contributed by atoms with Gasteiger partial charge in [0.2, 0.25) is 5.91 Å². The maximum absolute atomic E-state index is 10.9. The van der Waals surface area contributed by atoms with Crippen LogP contribution < -0.4 is 5.73 Å². The fraction of sp³-hybridized carbons (Fsp3) is 0.778. The van der Waals surface area contributed by atoms with Gasteiger partial charge >= 0.3 is 5.97 Å². The fourth-order valence-electron chi connectivity index (χ4n) is 0.892. The van der Waals surface area contributed by atoms with Crippen molar-refractivity contribution in [2.24, 2.45) is 11.7 Å². The summed E-state index contributed by atoms with van der Waals surface area (Å²) in [6.45, 7) is 5.19. The zero-order chi connectivity index (χ0) is 11.5. The van der Waals surface area contributed by atoms with Crippen molar-refractivity contribution in [2.45, 2.75) is 26.3 Å². The Kier molecular flexibility index (Phi) is 4.07. The number of amides is 1. The van der Waals surface area contributed by atoms with Crippen molar-refractivity contribution in [3.05, 3.63) is 0 Å². The molecule has 0 spiro atoms. The molecule has 0 radical (unpaired) electrons. The Morgan fingerprint density at radius 3 is 2.21 bits per heavy atom. The van der Waals surface area contributed by atoms with Gasteiger partial charge in [-0.1, -0.05) is 6.92 Å². The van der Waals surface area contributed by atoms with Crippen LogP contribution in [0.25, 0.3) is 0 Å². The van der Waals surface area contributed by atoms with Gasteiger partial charge in [0.1, 0.15) is 5.54 Å². The van der Waals surface area contributed by atoms with E-state index in [-0.39, 0.29) is 5.92 Å². The highest BCUT2D eigenvalue weighted by Crippen LogP contribution is 2.14. The van der Waals surface area contributed by atoms with Crippen molar-refractivity contribution >= 4 is 11.9 Å². The van der Waals surface area contributed by atoms with Gasteiger partial charge in [-0.25, -0.2) is 0 Å². The van der Waals surface area contributed by atoms with E-state index < -0.39 is 17.4 Å². The van der Waals surface area contributed by atoms with Crippen molar-refractivity contribution in [2.75, 3.05) is 13.6 Å². The zero-order valence-corrected chi connectivity index (χ0v) is 9.07. The molecule has 0 fully saturated rings. The van der Waals surface area contributed by atoms with Crippen LogP contribution in [0.15, 0.2) is 0 Å². The van der Waals surface area contributed by atoms with E-state index in [1.165, 1.54) is 0 Å². The van der Waals surface area contributed by atoms with Gasteiger partial charge in [-0.2, -0.15) is 0 Å². The third-order valence-electron chi connectivity index (χ3n) is 2.51. The molecular weight excluding hydrogens is 184 g/mol. The third-order valence-corrected chi connectivity index (χ3v) is 2.51. The first-order valence-corrected chi connectivity index (χ1v) is 4.43. The van der Waals surface area contributed by atoms with Gasteiger partial charge < -0.3 is 10.8 Å². The second-order valence-electron chi connectivity index (χ2n) is 4.05. The highest BCUT2D eigenvalue weighted by atomic mass is 16.4. The molecule has 3 N–H and O–H groups in total. The van der Waals surface area contributed by atoms with Crippen LogP contribution in [0.5, 0.6) is 0 Å². The van der Waals surface area contributed by atoms with Crippen LogP contribution in [0, 0.1) is 5.92 Å². The molecule has 0 saturated carbocycles. The van der Waals surface area contributed by atoms with Crippen LogP contribution in [-0.2, 0) is 9.59 Å². The van der Waals surface area contributed by atoms with Gasteiger partial charge in [-0.3, -0.25) is 14.5 Å². The standard InChI is InChI=1S/C9H18N2O3/c1-6(7(10)12)5-11(4)9(2,3)8(13)14/h6H,5H2,1-4H3,(H2,10,12)(H,13,14). The Morgan fingerprint density at radius 2 is 1.93 bits per heavy atom. The Bertz CT molecular complexity index is 238. The van der Waals surface area contributed by atoms with Crippen LogP contribution in [0.4, 0.5) is 0 Å². The Balaban J connectivity index is 4.41. The molecular formula is C9H18N2O3. The number of rotatable bonds is 5. The molecule has 0 heterocycles. The molecule has 1 amide bonds. The second-order valence-corrected chi connectivity index (χ2v) is 4.05. The number of carboxylic acid groups (broad SMARTS) is 1. The van der Waals surface area contributed by atoms with E-state index in [2.05, 4.69) is 0 Å². The van der Waals surface area contributed by atoms with E-state index in [1.54, 1.807) is 32.7 Å². The van der Waals surface area contributed by atoms with Gasteiger partial charge in [-0.15, -0.1) is 0 Å². The number of nitrogens with zero attached hydrogens (tertiary/aromatic N) is 1. The average Bonchev–Trinajstić information content (AvgIpc) is 2.03. The minimum atomic E-state index is -0.982. The van der Waals surface area contributed by atoms with E-state index in [4.69, 9.17) is 10.8 Å². The highest BCUT2D eigenvalue weighted by Gasteiger charge is 2.33. The molecule has 0 aromatic heterocycles. The van der Waals surface area contributed by atoms with Crippen LogP contribution in [-0.4, -0.2) is 41.0 Å². The molecule has 0 aromatic rings. The summed E-state index contributed by atoms with van der Waals surface area (Å²) in [5.41, 5.74) is 4.11. The first-order valence-electron chi connectivity index (χ1n) is 4.43. The van der Waals surface area contributed by atoms with Crippen molar-refractivity contribution in [1.29, 1.82) is 0 Å². The summed E-state index contributed by atoms with van der Waals surface area (Å²) >= 11 is 0. The largest absolute Gasteiger partial charge is 0.480 e. The van der Waals surface area contributed by atoms with Gasteiger partial charge in [0.05, 0.1) is 0 Å².